The van der Waals surface area contributed by atoms with Gasteiger partial charge in [-0.3, -0.25) is 19.7 Å². The van der Waals surface area contributed by atoms with Crippen LogP contribution in [0, 0.1) is 33.8 Å². The van der Waals surface area contributed by atoms with Crippen LogP contribution in [0.5, 0.6) is 0 Å². The fourth-order valence-electron chi connectivity index (χ4n) is 4.55. The van der Waals surface area contributed by atoms with Crippen molar-refractivity contribution < 1.29 is 18.9 Å². The first-order chi connectivity index (χ1) is 13.9. The minimum atomic E-state index is -0.487. The van der Waals surface area contributed by atoms with Gasteiger partial charge in [-0.15, -0.1) is 0 Å². The molecule has 1 saturated carbocycles. The van der Waals surface area contributed by atoms with Gasteiger partial charge in [0, 0.05) is 10.5 Å². The summed E-state index contributed by atoms with van der Waals surface area (Å²) in [5, 5.41) is 16.3. The van der Waals surface area contributed by atoms with E-state index >= 15 is 0 Å². The van der Waals surface area contributed by atoms with Gasteiger partial charge < -0.3 is 4.42 Å². The van der Waals surface area contributed by atoms with Crippen LogP contribution in [0.4, 0.5) is 5.69 Å². The Hall–Kier alpha value is -3.07. The second-order valence-corrected chi connectivity index (χ2v) is 8.27. The van der Waals surface area contributed by atoms with E-state index in [1.165, 1.54) is 12.3 Å². The molecule has 0 radical (unpaired) electrons. The third kappa shape index (κ3) is 2.76. The molecule has 29 heavy (non-hydrogen) atoms. The number of hydrazone groups is 1. The van der Waals surface area contributed by atoms with E-state index in [9.17, 15) is 19.7 Å². The Morgan fingerprint density at radius 1 is 1.14 bits per heavy atom. The van der Waals surface area contributed by atoms with E-state index < -0.39 is 4.92 Å². The number of amides is 2. The monoisotopic (exact) mass is 455 g/mol. The Balaban J connectivity index is 1.39. The Labute approximate surface area is 173 Å². The lowest BCUT2D eigenvalue weighted by Crippen LogP contribution is -2.28. The maximum Gasteiger partial charge on any atom is 0.281 e. The molecule has 146 valence electrons. The molecule has 8 nitrogen and oxygen atoms in total. The van der Waals surface area contributed by atoms with Gasteiger partial charge in [0.05, 0.1) is 28.5 Å². The molecule has 2 aromatic rings. The van der Waals surface area contributed by atoms with Gasteiger partial charge in [-0.1, -0.05) is 28.1 Å². The summed E-state index contributed by atoms with van der Waals surface area (Å²) in [6, 6.07) is 7.83. The summed E-state index contributed by atoms with van der Waals surface area (Å²) in [7, 11) is 0. The number of furan rings is 1. The lowest BCUT2D eigenvalue weighted by Gasteiger charge is -2.13. The molecule has 0 unspecified atom stereocenters. The molecule has 4 atom stereocenters. The highest BCUT2D eigenvalue weighted by Gasteiger charge is 2.59. The van der Waals surface area contributed by atoms with E-state index in [0.29, 0.717) is 15.8 Å². The van der Waals surface area contributed by atoms with Crippen LogP contribution in [0.2, 0.25) is 0 Å². The fraction of sp³-hybridized carbons (Fsp3) is 0.250. The highest BCUT2D eigenvalue weighted by Crippen LogP contribution is 2.52. The number of nitrogens with zero attached hydrogens (tertiary/aromatic N) is 3. The van der Waals surface area contributed by atoms with Crippen LogP contribution in [-0.2, 0) is 9.59 Å². The van der Waals surface area contributed by atoms with E-state index in [4.69, 9.17) is 4.42 Å². The Morgan fingerprint density at radius 2 is 1.83 bits per heavy atom. The number of halogens is 1. The average Bonchev–Trinajstić information content (AvgIpc) is 3.46. The number of allylic oxidation sites excluding steroid dienone is 2. The van der Waals surface area contributed by atoms with E-state index in [1.54, 1.807) is 24.3 Å². The summed E-state index contributed by atoms with van der Waals surface area (Å²) in [5.41, 5.74) is 0.223. The zero-order valence-corrected chi connectivity index (χ0v) is 16.5. The normalized spacial score (nSPS) is 27.4. The number of carbonyl (C=O) groups is 2. The first-order valence-corrected chi connectivity index (χ1v) is 9.87. The second-order valence-electron chi connectivity index (χ2n) is 7.35. The molecule has 0 N–H and O–H groups in total. The summed E-state index contributed by atoms with van der Waals surface area (Å²) in [4.78, 5) is 36.1. The lowest BCUT2D eigenvalue weighted by molar-refractivity contribution is -0.384. The van der Waals surface area contributed by atoms with Crippen molar-refractivity contribution in [1.29, 1.82) is 0 Å². The molecule has 2 aliphatic carbocycles. The number of hydrogen-bond donors (Lipinski definition) is 0. The van der Waals surface area contributed by atoms with Gasteiger partial charge in [0.15, 0.2) is 0 Å². The van der Waals surface area contributed by atoms with E-state index in [2.05, 4.69) is 21.0 Å². The minimum absolute atomic E-state index is 0.0992. The van der Waals surface area contributed by atoms with Crippen LogP contribution in [0.25, 0.3) is 11.3 Å². The van der Waals surface area contributed by atoms with Gasteiger partial charge in [-0.2, -0.15) is 10.1 Å². The number of nitro groups is 1. The molecule has 2 amide bonds. The zero-order chi connectivity index (χ0) is 20.3. The summed E-state index contributed by atoms with van der Waals surface area (Å²) >= 11 is 3.22. The van der Waals surface area contributed by atoms with Crippen LogP contribution in [0.1, 0.15) is 12.2 Å². The largest absolute Gasteiger partial charge is 0.455 e. The molecule has 2 bridgehead atoms. The van der Waals surface area contributed by atoms with Crippen molar-refractivity contribution in [3.05, 3.63) is 62.8 Å². The van der Waals surface area contributed by atoms with Crippen LogP contribution in [0.15, 0.2) is 56.5 Å². The van der Waals surface area contributed by atoms with E-state index in [1.807, 2.05) is 12.2 Å². The SMILES string of the molecule is O=C1[C@@H]2[C@@H](C(=O)N1/N=C\c1ccc(-c3ccc(Br)cc3[N+](=O)[O-])o1)[C@H]1C=C[C@H]2C1. The Bertz CT molecular complexity index is 1090. The molecule has 2 fully saturated rings. The summed E-state index contributed by atoms with van der Waals surface area (Å²) in [6.45, 7) is 0. The number of benzene rings is 1. The molecular formula is C20H14BrN3O5. The average molecular weight is 456 g/mol. The van der Waals surface area contributed by atoms with Gasteiger partial charge in [0.25, 0.3) is 17.5 Å². The van der Waals surface area contributed by atoms with Gasteiger partial charge in [-0.25, -0.2) is 0 Å². The van der Waals surface area contributed by atoms with Crippen molar-refractivity contribution in [2.24, 2.45) is 28.8 Å². The highest BCUT2D eigenvalue weighted by atomic mass is 79.9. The topological polar surface area (TPSA) is 106 Å². The van der Waals surface area contributed by atoms with Crippen molar-refractivity contribution in [3.8, 4) is 11.3 Å². The molecular weight excluding hydrogens is 442 g/mol. The first kappa shape index (κ1) is 18.0. The molecule has 9 heteroatoms. The standard InChI is InChI=1S/C20H14BrN3O5/c21-12-3-5-14(15(8-12)24(27)28)16-6-4-13(29-16)9-22-23-19(25)17-10-1-2-11(7-10)18(17)20(23)26/h1-6,8-11,17-18H,7H2/b22-9-/t10-,11-,17-,18-/m0/s1. The third-order valence-corrected chi connectivity index (χ3v) is 6.29. The van der Waals surface area contributed by atoms with Crippen molar-refractivity contribution >= 4 is 39.6 Å². The molecule has 1 aromatic heterocycles. The predicted octanol–water partition coefficient (Wildman–Crippen LogP) is 3.76. The summed E-state index contributed by atoms with van der Waals surface area (Å²) < 4.78 is 6.23. The molecule has 5 rings (SSSR count). The number of imide groups is 1. The molecule has 0 spiro atoms. The fourth-order valence-corrected chi connectivity index (χ4v) is 4.90. The van der Waals surface area contributed by atoms with Gasteiger partial charge in [0.1, 0.15) is 11.5 Å². The van der Waals surface area contributed by atoms with Crippen molar-refractivity contribution in [1.82, 2.24) is 5.01 Å². The van der Waals surface area contributed by atoms with Gasteiger partial charge >= 0.3 is 0 Å². The minimum Gasteiger partial charge on any atom is -0.455 e. The zero-order valence-electron chi connectivity index (χ0n) is 14.9. The van der Waals surface area contributed by atoms with Crippen molar-refractivity contribution in [3.63, 3.8) is 0 Å². The predicted molar refractivity (Wildman–Crippen MR) is 106 cm³/mol. The maximum absolute atomic E-state index is 12.6. The molecule has 2 heterocycles. The lowest BCUT2D eigenvalue weighted by atomic mass is 9.85. The molecule has 1 aliphatic heterocycles. The smallest absolute Gasteiger partial charge is 0.281 e. The number of fused-ring (bicyclic) bond motifs is 5. The Kier molecular flexibility index (Phi) is 4.02. The van der Waals surface area contributed by atoms with Gasteiger partial charge in [-0.05, 0) is 42.5 Å². The van der Waals surface area contributed by atoms with E-state index in [-0.39, 0.29) is 46.9 Å². The number of hydrogen-bond acceptors (Lipinski definition) is 6. The molecule has 3 aliphatic rings. The molecule has 1 saturated heterocycles. The number of carbonyl (C=O) groups excluding carboxylic acids is 2. The second kappa shape index (κ2) is 6.48. The van der Waals surface area contributed by atoms with Crippen molar-refractivity contribution in [2.75, 3.05) is 0 Å². The summed E-state index contributed by atoms with van der Waals surface area (Å²) in [6.07, 6.45) is 6.19. The van der Waals surface area contributed by atoms with Crippen LogP contribution >= 0.6 is 15.9 Å². The molecule has 1 aromatic carbocycles. The number of rotatable bonds is 4. The summed E-state index contributed by atoms with van der Waals surface area (Å²) in [5.74, 6) is -0.351. The van der Waals surface area contributed by atoms with Crippen LogP contribution in [-0.4, -0.2) is 28.0 Å². The van der Waals surface area contributed by atoms with Gasteiger partial charge in [0.2, 0.25) is 0 Å². The third-order valence-electron chi connectivity index (χ3n) is 5.80. The maximum atomic E-state index is 12.6. The van der Waals surface area contributed by atoms with Crippen molar-refractivity contribution in [2.45, 2.75) is 6.42 Å². The Morgan fingerprint density at radius 3 is 2.48 bits per heavy atom. The quantitative estimate of drug-likeness (QED) is 0.229. The van der Waals surface area contributed by atoms with Crippen LogP contribution in [0.3, 0.4) is 0 Å². The van der Waals surface area contributed by atoms with Crippen LogP contribution < -0.4 is 0 Å². The first-order valence-electron chi connectivity index (χ1n) is 9.08. The highest BCUT2D eigenvalue weighted by molar-refractivity contribution is 9.10. The van der Waals surface area contributed by atoms with E-state index in [0.717, 1.165) is 11.4 Å². The number of nitro benzene ring substituents is 1.